The average Bonchev–Trinajstić information content (AvgIpc) is 2.41. The van der Waals surface area contributed by atoms with Crippen molar-refractivity contribution >= 4 is 19.7 Å². The second-order valence-electron chi connectivity index (χ2n) is 5.09. The van der Waals surface area contributed by atoms with Gasteiger partial charge in [-0.05, 0) is 30.2 Å². The van der Waals surface area contributed by atoms with Crippen LogP contribution in [0.4, 0.5) is 0 Å². The number of hydrogen-bond donors (Lipinski definition) is 1. The predicted molar refractivity (Wildman–Crippen MR) is 78.2 cm³/mol. The third-order valence-corrected chi connectivity index (χ3v) is 7.16. The molecule has 0 saturated carbocycles. The van der Waals surface area contributed by atoms with Crippen LogP contribution in [0.2, 0.25) is 0 Å². The Hall–Kier alpha value is -1.43. The zero-order valence-electron chi connectivity index (χ0n) is 11.3. The Morgan fingerprint density at radius 1 is 1.10 bits per heavy atom. The summed E-state index contributed by atoms with van der Waals surface area (Å²) in [5, 5.41) is 11.7. The van der Waals surface area contributed by atoms with Gasteiger partial charge in [0.05, 0.1) is 33.8 Å². The van der Waals surface area contributed by atoms with Crippen LogP contribution in [0.15, 0.2) is 29.2 Å². The number of hydrogen-bond acceptors (Lipinski definition) is 6. The van der Waals surface area contributed by atoms with Gasteiger partial charge >= 0.3 is 0 Å². The van der Waals surface area contributed by atoms with Gasteiger partial charge < -0.3 is 5.32 Å². The third kappa shape index (κ3) is 4.27. The van der Waals surface area contributed by atoms with E-state index in [1.54, 1.807) is 0 Å². The van der Waals surface area contributed by atoms with Crippen molar-refractivity contribution in [2.75, 3.05) is 30.3 Å². The first kappa shape index (κ1) is 15.9. The first-order chi connectivity index (χ1) is 9.82. The monoisotopic (exact) mass is 328 g/mol. The minimum atomic E-state index is -3.65. The Morgan fingerprint density at radius 2 is 1.71 bits per heavy atom. The van der Waals surface area contributed by atoms with Crippen molar-refractivity contribution in [2.24, 2.45) is 5.92 Å². The molecule has 1 saturated heterocycles. The Balaban J connectivity index is 2.01. The highest BCUT2D eigenvalue weighted by molar-refractivity contribution is 7.95. The third-order valence-electron chi connectivity index (χ3n) is 3.36. The Bertz CT molecular complexity index is 742. The molecule has 6 nitrogen and oxygen atoms in total. The maximum absolute atomic E-state index is 12.1. The zero-order chi connectivity index (χ0) is 15.5. The summed E-state index contributed by atoms with van der Waals surface area (Å²) in [5.74, 6) is -0.677. The molecule has 1 fully saturated rings. The molecule has 0 bridgehead atoms. The van der Waals surface area contributed by atoms with Crippen molar-refractivity contribution in [3.63, 3.8) is 0 Å². The average molecular weight is 328 g/mol. The largest absolute Gasteiger partial charge is 0.316 e. The van der Waals surface area contributed by atoms with Crippen molar-refractivity contribution in [3.8, 4) is 6.07 Å². The van der Waals surface area contributed by atoms with Gasteiger partial charge in [0.25, 0.3) is 0 Å². The summed E-state index contributed by atoms with van der Waals surface area (Å²) in [4.78, 5) is 0.0435. The smallest absolute Gasteiger partial charge is 0.179 e. The molecule has 1 aromatic carbocycles. The van der Waals surface area contributed by atoms with Crippen molar-refractivity contribution in [1.29, 1.82) is 5.26 Å². The molecule has 0 spiro atoms. The van der Waals surface area contributed by atoms with Gasteiger partial charge in [0.2, 0.25) is 0 Å². The summed E-state index contributed by atoms with van der Waals surface area (Å²) in [6, 6.07) is 7.37. The number of sulfone groups is 2. The molecule has 0 aliphatic carbocycles. The predicted octanol–water partition coefficient (Wildman–Crippen LogP) is -0.0338. The Morgan fingerprint density at radius 3 is 2.19 bits per heavy atom. The van der Waals surface area contributed by atoms with E-state index in [0.29, 0.717) is 18.7 Å². The van der Waals surface area contributed by atoms with Crippen molar-refractivity contribution in [3.05, 3.63) is 29.8 Å². The molecule has 2 rings (SSSR count). The summed E-state index contributed by atoms with van der Waals surface area (Å²) in [5.41, 5.74) is 0.360. The maximum Gasteiger partial charge on any atom is 0.179 e. The molecule has 1 aromatic rings. The highest BCUT2D eigenvalue weighted by Gasteiger charge is 2.26. The lowest BCUT2D eigenvalue weighted by molar-refractivity contribution is 0.378. The molecule has 1 aliphatic heterocycles. The number of rotatable bonds is 6. The van der Waals surface area contributed by atoms with Crippen LogP contribution in [0.1, 0.15) is 5.56 Å². The Labute approximate surface area is 124 Å². The molecule has 0 amide bonds. The highest BCUT2D eigenvalue weighted by atomic mass is 32.2. The van der Waals surface area contributed by atoms with Gasteiger partial charge in [0.15, 0.2) is 19.7 Å². The van der Waals surface area contributed by atoms with Gasteiger partial charge in [0.1, 0.15) is 0 Å². The lowest BCUT2D eigenvalue weighted by Crippen LogP contribution is -2.46. The van der Waals surface area contributed by atoms with Gasteiger partial charge in [-0.15, -0.1) is 0 Å². The number of nitrogens with zero attached hydrogens (tertiary/aromatic N) is 1. The molecule has 1 N–H and O–H groups in total. The first-order valence-corrected chi connectivity index (χ1v) is 9.94. The molecule has 114 valence electrons. The summed E-state index contributed by atoms with van der Waals surface area (Å²) in [7, 11) is -7.01. The fourth-order valence-corrected chi connectivity index (χ4v) is 5.80. The molecule has 0 radical (unpaired) electrons. The van der Waals surface area contributed by atoms with Crippen LogP contribution < -0.4 is 5.32 Å². The quantitative estimate of drug-likeness (QED) is 0.786. The van der Waals surface area contributed by atoms with E-state index in [1.165, 1.54) is 24.3 Å². The topological polar surface area (TPSA) is 104 Å². The molecule has 1 heterocycles. The minimum absolute atomic E-state index is 0.0306. The Kier molecular flexibility index (Phi) is 4.66. The van der Waals surface area contributed by atoms with Crippen LogP contribution in [-0.2, 0) is 19.7 Å². The number of benzene rings is 1. The molecule has 21 heavy (non-hydrogen) atoms. The highest BCUT2D eigenvalue weighted by Crippen LogP contribution is 2.14. The SMILES string of the molecule is N#Cc1ccc(S(=O)(=O)CCS(=O)(=O)CC2CNC2)cc1. The van der Waals surface area contributed by atoms with Gasteiger partial charge in [-0.1, -0.05) is 0 Å². The summed E-state index contributed by atoms with van der Waals surface area (Å²) in [6.45, 7) is 1.34. The van der Waals surface area contributed by atoms with E-state index in [9.17, 15) is 16.8 Å². The summed E-state index contributed by atoms with van der Waals surface area (Å²) in [6.07, 6.45) is 0. The van der Waals surface area contributed by atoms with Gasteiger partial charge in [-0.2, -0.15) is 5.26 Å². The van der Waals surface area contributed by atoms with E-state index in [0.717, 1.165) is 0 Å². The number of nitrogens with one attached hydrogen (secondary N) is 1. The van der Waals surface area contributed by atoms with E-state index < -0.39 is 25.4 Å². The maximum atomic E-state index is 12.1. The normalized spacial score (nSPS) is 16.1. The van der Waals surface area contributed by atoms with Crippen molar-refractivity contribution < 1.29 is 16.8 Å². The van der Waals surface area contributed by atoms with Crippen LogP contribution in [0.3, 0.4) is 0 Å². The lowest BCUT2D eigenvalue weighted by atomic mass is 10.1. The van der Waals surface area contributed by atoms with Crippen molar-refractivity contribution in [1.82, 2.24) is 5.32 Å². The molecular weight excluding hydrogens is 312 g/mol. The summed E-state index contributed by atoms with van der Waals surface area (Å²) >= 11 is 0. The lowest BCUT2D eigenvalue weighted by Gasteiger charge is -2.26. The van der Waals surface area contributed by atoms with Gasteiger partial charge in [0, 0.05) is 13.1 Å². The van der Waals surface area contributed by atoms with E-state index in [1.807, 2.05) is 6.07 Å². The molecule has 1 aliphatic rings. The second-order valence-corrected chi connectivity index (χ2v) is 9.43. The van der Waals surface area contributed by atoms with Crippen LogP contribution in [0.25, 0.3) is 0 Å². The van der Waals surface area contributed by atoms with E-state index in [2.05, 4.69) is 5.32 Å². The van der Waals surface area contributed by atoms with Gasteiger partial charge in [-0.25, -0.2) is 16.8 Å². The molecule has 0 unspecified atom stereocenters. The fourth-order valence-electron chi connectivity index (χ4n) is 2.00. The standard InChI is InChI=1S/C13H16N2O4S2/c14-7-11-1-3-13(4-2-11)21(18,19)6-5-20(16,17)10-12-8-15-9-12/h1-4,12,15H,5-6,8-10H2. The van der Waals surface area contributed by atoms with Crippen LogP contribution in [0.5, 0.6) is 0 Å². The molecule has 0 atom stereocenters. The van der Waals surface area contributed by atoms with Gasteiger partial charge in [-0.3, -0.25) is 0 Å². The second kappa shape index (κ2) is 6.13. The number of nitriles is 1. The van der Waals surface area contributed by atoms with E-state index >= 15 is 0 Å². The van der Waals surface area contributed by atoms with Crippen LogP contribution in [0, 0.1) is 17.2 Å². The van der Waals surface area contributed by atoms with Crippen LogP contribution in [-0.4, -0.2) is 47.2 Å². The fraction of sp³-hybridized carbons (Fsp3) is 0.462. The molecule has 0 aromatic heterocycles. The van der Waals surface area contributed by atoms with Crippen LogP contribution >= 0.6 is 0 Å². The molecule has 8 heteroatoms. The zero-order valence-corrected chi connectivity index (χ0v) is 13.0. The van der Waals surface area contributed by atoms with E-state index in [-0.39, 0.29) is 22.3 Å². The van der Waals surface area contributed by atoms with E-state index in [4.69, 9.17) is 5.26 Å². The van der Waals surface area contributed by atoms with Crippen molar-refractivity contribution in [2.45, 2.75) is 4.90 Å². The minimum Gasteiger partial charge on any atom is -0.316 e. The summed E-state index contributed by atoms with van der Waals surface area (Å²) < 4.78 is 47.9. The molecular formula is C13H16N2O4S2. The first-order valence-electron chi connectivity index (χ1n) is 6.46.